The van der Waals surface area contributed by atoms with Crippen molar-refractivity contribution < 1.29 is 9.59 Å². The van der Waals surface area contributed by atoms with Gasteiger partial charge in [0.25, 0.3) is 0 Å². The second-order valence-corrected chi connectivity index (χ2v) is 10.0. The molecule has 1 fully saturated rings. The number of nitrogens with zero attached hydrogens (tertiary/aromatic N) is 1. The quantitative estimate of drug-likeness (QED) is 0.431. The molecule has 1 aliphatic rings. The van der Waals surface area contributed by atoms with Gasteiger partial charge in [0, 0.05) is 34.7 Å². The van der Waals surface area contributed by atoms with Crippen LogP contribution in [0.15, 0.2) is 53.4 Å². The molecule has 3 rings (SSSR count). The fourth-order valence-electron chi connectivity index (χ4n) is 4.13. The normalized spacial score (nSPS) is 14.8. The molecular formula is C26H33ClN2O2S. The monoisotopic (exact) mass is 472 g/mol. The van der Waals surface area contributed by atoms with Crippen molar-refractivity contribution in [2.24, 2.45) is 0 Å². The van der Waals surface area contributed by atoms with E-state index in [1.807, 2.05) is 31.2 Å². The third-order valence-corrected chi connectivity index (χ3v) is 7.37. The van der Waals surface area contributed by atoms with E-state index in [4.69, 9.17) is 11.6 Å². The highest BCUT2D eigenvalue weighted by Crippen LogP contribution is 2.24. The number of hydrogen-bond donors (Lipinski definition) is 1. The zero-order valence-corrected chi connectivity index (χ0v) is 20.6. The maximum Gasteiger partial charge on any atom is 0.243 e. The Morgan fingerprint density at radius 2 is 1.81 bits per heavy atom. The number of carbonyl (C=O) groups is 2. The van der Waals surface area contributed by atoms with Crippen LogP contribution < -0.4 is 5.32 Å². The topological polar surface area (TPSA) is 49.4 Å². The minimum Gasteiger partial charge on any atom is -0.352 e. The minimum absolute atomic E-state index is 0.0158. The Kier molecular flexibility index (Phi) is 9.49. The molecule has 2 aromatic rings. The summed E-state index contributed by atoms with van der Waals surface area (Å²) in [6, 6.07) is 15.6. The van der Waals surface area contributed by atoms with Crippen LogP contribution in [0.4, 0.5) is 0 Å². The lowest BCUT2D eigenvalue weighted by Crippen LogP contribution is -2.51. The molecule has 6 heteroatoms. The molecule has 32 heavy (non-hydrogen) atoms. The number of nitrogens with one attached hydrogen (secondary N) is 1. The van der Waals surface area contributed by atoms with E-state index in [0.29, 0.717) is 30.2 Å². The lowest BCUT2D eigenvalue weighted by atomic mass is 10.1. The number of carbonyl (C=O) groups excluding carboxylic acids is 2. The first kappa shape index (κ1) is 24.7. The minimum atomic E-state index is -0.497. The highest BCUT2D eigenvalue weighted by molar-refractivity contribution is 7.99. The van der Waals surface area contributed by atoms with Gasteiger partial charge in [0.05, 0.1) is 0 Å². The lowest BCUT2D eigenvalue weighted by Gasteiger charge is -2.32. The van der Waals surface area contributed by atoms with Gasteiger partial charge in [-0.1, -0.05) is 67.3 Å². The molecular weight excluding hydrogens is 440 g/mol. The van der Waals surface area contributed by atoms with Crippen molar-refractivity contribution in [2.45, 2.75) is 75.9 Å². The molecule has 0 radical (unpaired) electrons. The van der Waals surface area contributed by atoms with Gasteiger partial charge in [0.2, 0.25) is 11.8 Å². The average Bonchev–Trinajstić information content (AvgIpc) is 3.29. The Bertz CT molecular complexity index is 897. The van der Waals surface area contributed by atoms with Gasteiger partial charge in [-0.15, -0.1) is 11.8 Å². The first-order valence-corrected chi connectivity index (χ1v) is 12.9. The molecule has 1 atom stereocenters. The van der Waals surface area contributed by atoms with Crippen molar-refractivity contribution in [2.75, 3.05) is 5.75 Å². The van der Waals surface area contributed by atoms with E-state index in [1.165, 1.54) is 5.56 Å². The number of amides is 2. The summed E-state index contributed by atoms with van der Waals surface area (Å²) < 4.78 is 0. The molecule has 1 unspecified atom stereocenters. The van der Waals surface area contributed by atoms with E-state index in [0.717, 1.165) is 36.1 Å². The first-order valence-electron chi connectivity index (χ1n) is 11.5. The van der Waals surface area contributed by atoms with Crippen LogP contribution in [0.1, 0.15) is 56.6 Å². The largest absolute Gasteiger partial charge is 0.352 e. The van der Waals surface area contributed by atoms with Crippen LogP contribution in [0, 0.1) is 6.92 Å². The van der Waals surface area contributed by atoms with Crippen LogP contribution in [0.3, 0.4) is 0 Å². The molecule has 172 valence electrons. The lowest BCUT2D eigenvalue weighted by molar-refractivity contribution is -0.141. The summed E-state index contributed by atoms with van der Waals surface area (Å²) in [4.78, 5) is 29.3. The van der Waals surface area contributed by atoms with Gasteiger partial charge in [0.15, 0.2) is 0 Å². The predicted octanol–water partition coefficient (Wildman–Crippen LogP) is 6.00. The van der Waals surface area contributed by atoms with Gasteiger partial charge in [-0.05, 0) is 49.9 Å². The maximum absolute atomic E-state index is 13.3. The molecule has 4 nitrogen and oxygen atoms in total. The standard InChI is InChI=1S/C26H33ClN2O2S/c1-3-24(26(31)28-21-9-5-6-10-21)29(18-20-8-4-7-11-23(20)27)25(30)16-17-32-22-14-12-19(2)13-15-22/h4,7-8,11-15,21,24H,3,5-6,9-10,16-18H2,1-2H3,(H,28,31). The molecule has 2 amide bonds. The van der Waals surface area contributed by atoms with Crippen LogP contribution in [0.2, 0.25) is 5.02 Å². The second-order valence-electron chi connectivity index (χ2n) is 8.44. The van der Waals surface area contributed by atoms with Crippen molar-refractivity contribution in [3.05, 3.63) is 64.7 Å². The summed E-state index contributed by atoms with van der Waals surface area (Å²) in [6.45, 7) is 4.36. The molecule has 0 aromatic heterocycles. The van der Waals surface area contributed by atoms with Crippen molar-refractivity contribution in [3.8, 4) is 0 Å². The number of aryl methyl sites for hydroxylation is 1. The van der Waals surface area contributed by atoms with E-state index < -0.39 is 6.04 Å². The second kappa shape index (κ2) is 12.3. The predicted molar refractivity (Wildman–Crippen MR) is 133 cm³/mol. The number of hydrogen-bond acceptors (Lipinski definition) is 3. The van der Waals surface area contributed by atoms with Gasteiger partial charge in [-0.3, -0.25) is 9.59 Å². The maximum atomic E-state index is 13.3. The number of thioether (sulfide) groups is 1. The van der Waals surface area contributed by atoms with E-state index in [9.17, 15) is 9.59 Å². The summed E-state index contributed by atoms with van der Waals surface area (Å²) in [6.07, 6.45) is 5.29. The molecule has 1 N–H and O–H groups in total. The average molecular weight is 473 g/mol. The van der Waals surface area contributed by atoms with Crippen LogP contribution in [-0.4, -0.2) is 34.6 Å². The van der Waals surface area contributed by atoms with E-state index in [1.54, 1.807) is 16.7 Å². The van der Waals surface area contributed by atoms with Gasteiger partial charge < -0.3 is 10.2 Å². The van der Waals surface area contributed by atoms with Gasteiger partial charge in [-0.2, -0.15) is 0 Å². The Morgan fingerprint density at radius 1 is 1.12 bits per heavy atom. The molecule has 2 aromatic carbocycles. The molecule has 1 aliphatic carbocycles. The molecule has 1 saturated carbocycles. The van der Waals surface area contributed by atoms with Crippen LogP contribution >= 0.6 is 23.4 Å². The third kappa shape index (κ3) is 7.01. The molecule has 0 aliphatic heterocycles. The zero-order valence-electron chi connectivity index (χ0n) is 19.0. The van der Waals surface area contributed by atoms with Crippen LogP contribution in [0.25, 0.3) is 0 Å². The van der Waals surface area contributed by atoms with Crippen molar-refractivity contribution in [1.82, 2.24) is 10.2 Å². The Balaban J connectivity index is 1.70. The Labute approximate surface area is 201 Å². The first-order chi connectivity index (χ1) is 15.5. The highest BCUT2D eigenvalue weighted by atomic mass is 35.5. The summed E-state index contributed by atoms with van der Waals surface area (Å²) in [7, 11) is 0. The van der Waals surface area contributed by atoms with Gasteiger partial charge in [0.1, 0.15) is 6.04 Å². The third-order valence-electron chi connectivity index (χ3n) is 5.99. The van der Waals surface area contributed by atoms with Gasteiger partial charge in [-0.25, -0.2) is 0 Å². The number of rotatable bonds is 10. The van der Waals surface area contributed by atoms with Crippen molar-refractivity contribution >= 4 is 35.2 Å². The molecule has 0 saturated heterocycles. The molecule has 0 heterocycles. The SMILES string of the molecule is CCC(C(=O)NC1CCCC1)N(Cc1ccccc1Cl)C(=O)CCSc1ccc(C)cc1. The van der Waals surface area contributed by atoms with Crippen LogP contribution in [0.5, 0.6) is 0 Å². The summed E-state index contributed by atoms with van der Waals surface area (Å²) in [5.41, 5.74) is 2.08. The highest BCUT2D eigenvalue weighted by Gasteiger charge is 2.30. The molecule has 0 spiro atoms. The summed E-state index contributed by atoms with van der Waals surface area (Å²) in [5, 5.41) is 3.80. The fraction of sp³-hybridized carbons (Fsp3) is 0.462. The van der Waals surface area contributed by atoms with E-state index in [2.05, 4.69) is 36.5 Å². The van der Waals surface area contributed by atoms with Crippen molar-refractivity contribution in [3.63, 3.8) is 0 Å². The van der Waals surface area contributed by atoms with Crippen LogP contribution in [-0.2, 0) is 16.1 Å². The number of benzene rings is 2. The van der Waals surface area contributed by atoms with E-state index in [-0.39, 0.29) is 17.9 Å². The Morgan fingerprint density at radius 3 is 2.47 bits per heavy atom. The number of halogens is 1. The van der Waals surface area contributed by atoms with E-state index >= 15 is 0 Å². The Hall–Kier alpha value is -1.98. The fourth-order valence-corrected chi connectivity index (χ4v) is 5.17. The van der Waals surface area contributed by atoms with Crippen molar-refractivity contribution in [1.29, 1.82) is 0 Å². The smallest absolute Gasteiger partial charge is 0.243 e. The summed E-state index contributed by atoms with van der Waals surface area (Å²) in [5.74, 6) is 0.602. The zero-order chi connectivity index (χ0) is 22.9. The van der Waals surface area contributed by atoms with Gasteiger partial charge >= 0.3 is 0 Å². The molecule has 0 bridgehead atoms. The summed E-state index contributed by atoms with van der Waals surface area (Å²) >= 11 is 8.06.